The maximum atomic E-state index is 5.12. The van der Waals surface area contributed by atoms with Crippen molar-refractivity contribution < 1.29 is 4.52 Å². The van der Waals surface area contributed by atoms with E-state index in [2.05, 4.69) is 69.9 Å². The molecule has 7 heteroatoms. The second-order valence-electron chi connectivity index (χ2n) is 6.17. The molecule has 0 aliphatic heterocycles. The van der Waals surface area contributed by atoms with E-state index in [1.165, 1.54) is 5.56 Å². The predicted octanol–water partition coefficient (Wildman–Crippen LogP) is 3.51. The Morgan fingerprint density at radius 3 is 2.65 bits per heavy atom. The number of aryl methyl sites for hydroxylation is 3. The van der Waals surface area contributed by atoms with Gasteiger partial charge in [0.15, 0.2) is 11.8 Å². The van der Waals surface area contributed by atoms with Gasteiger partial charge in [-0.1, -0.05) is 35.5 Å². The summed E-state index contributed by atoms with van der Waals surface area (Å²) in [4.78, 5) is 8.84. The van der Waals surface area contributed by atoms with Gasteiger partial charge >= 0.3 is 0 Å². The zero-order valence-corrected chi connectivity index (χ0v) is 18.2. The fourth-order valence-electron chi connectivity index (χ4n) is 2.52. The predicted molar refractivity (Wildman–Crippen MR) is 116 cm³/mol. The minimum Gasteiger partial charge on any atom is -0.357 e. The summed E-state index contributed by atoms with van der Waals surface area (Å²) in [5, 5.41) is 10.6. The molecule has 0 fully saturated rings. The van der Waals surface area contributed by atoms with Crippen LogP contribution in [-0.4, -0.2) is 35.2 Å². The van der Waals surface area contributed by atoms with E-state index in [9.17, 15) is 0 Å². The summed E-state index contributed by atoms with van der Waals surface area (Å²) >= 11 is 0. The first-order valence-electron chi connectivity index (χ1n) is 9.05. The van der Waals surface area contributed by atoms with Gasteiger partial charge in [-0.3, -0.25) is 4.99 Å². The summed E-state index contributed by atoms with van der Waals surface area (Å²) in [5.41, 5.74) is 1.37. The largest absolute Gasteiger partial charge is 0.357 e. The van der Waals surface area contributed by atoms with Crippen LogP contribution in [0.1, 0.15) is 44.0 Å². The molecule has 1 heterocycles. The number of hydrogen-bond donors (Lipinski definition) is 2. The highest BCUT2D eigenvalue weighted by molar-refractivity contribution is 14.0. The molecular weight excluding hydrogens is 441 g/mol. The van der Waals surface area contributed by atoms with Crippen LogP contribution in [0.15, 0.2) is 39.8 Å². The fraction of sp³-hybridized carbons (Fsp3) is 0.526. The number of nitrogens with one attached hydrogen (secondary N) is 2. The Balaban J connectivity index is 0.00000338. The van der Waals surface area contributed by atoms with Crippen LogP contribution in [-0.2, 0) is 12.8 Å². The highest BCUT2D eigenvalue weighted by Crippen LogP contribution is 2.05. The van der Waals surface area contributed by atoms with Gasteiger partial charge in [0.1, 0.15) is 0 Å². The average Bonchev–Trinajstić information content (AvgIpc) is 3.03. The summed E-state index contributed by atoms with van der Waals surface area (Å²) < 4.78 is 5.12. The van der Waals surface area contributed by atoms with Crippen LogP contribution >= 0.6 is 24.0 Å². The summed E-state index contributed by atoms with van der Waals surface area (Å²) in [6.45, 7) is 7.67. The molecule has 0 aliphatic carbocycles. The van der Waals surface area contributed by atoms with Crippen molar-refractivity contribution in [2.75, 3.05) is 13.1 Å². The Labute approximate surface area is 173 Å². The Hall–Kier alpha value is -1.64. The second kappa shape index (κ2) is 12.7. The van der Waals surface area contributed by atoms with Gasteiger partial charge in [-0.15, -0.1) is 24.0 Å². The molecule has 2 aromatic rings. The Morgan fingerprint density at radius 2 is 2.00 bits per heavy atom. The van der Waals surface area contributed by atoms with E-state index in [0.717, 1.165) is 44.7 Å². The van der Waals surface area contributed by atoms with Crippen molar-refractivity contribution in [2.45, 2.75) is 52.5 Å². The van der Waals surface area contributed by atoms with Crippen molar-refractivity contribution in [3.63, 3.8) is 0 Å². The number of nitrogens with zero attached hydrogens (tertiary/aromatic N) is 3. The number of halogens is 1. The van der Waals surface area contributed by atoms with Gasteiger partial charge < -0.3 is 15.2 Å². The minimum atomic E-state index is 0. The quantitative estimate of drug-likeness (QED) is 0.254. The average molecular weight is 471 g/mol. The van der Waals surface area contributed by atoms with E-state index in [0.29, 0.717) is 17.8 Å². The molecule has 0 amide bonds. The van der Waals surface area contributed by atoms with Gasteiger partial charge in [0, 0.05) is 25.6 Å². The second-order valence-corrected chi connectivity index (χ2v) is 6.17. The zero-order chi connectivity index (χ0) is 17.9. The lowest BCUT2D eigenvalue weighted by molar-refractivity contribution is 0.372. The number of rotatable bonds is 9. The lowest BCUT2D eigenvalue weighted by atomic mass is 10.1. The van der Waals surface area contributed by atoms with Crippen LogP contribution in [0.2, 0.25) is 0 Å². The van der Waals surface area contributed by atoms with E-state index < -0.39 is 0 Å². The molecule has 0 saturated heterocycles. The molecular formula is C19H30IN5O. The third-order valence-corrected chi connectivity index (χ3v) is 3.82. The van der Waals surface area contributed by atoms with Crippen LogP contribution in [0.4, 0.5) is 0 Å². The number of guanidine groups is 1. The molecule has 1 aromatic heterocycles. The molecule has 1 aromatic carbocycles. The van der Waals surface area contributed by atoms with Crippen LogP contribution in [0.3, 0.4) is 0 Å². The van der Waals surface area contributed by atoms with Gasteiger partial charge in [0.25, 0.3) is 0 Å². The molecule has 6 nitrogen and oxygen atoms in total. The van der Waals surface area contributed by atoms with Crippen molar-refractivity contribution in [3.8, 4) is 0 Å². The van der Waals surface area contributed by atoms with Gasteiger partial charge in [-0.05, 0) is 45.6 Å². The monoisotopic (exact) mass is 471 g/mol. The first-order valence-corrected chi connectivity index (χ1v) is 9.05. The summed E-state index contributed by atoms with van der Waals surface area (Å²) in [6, 6.07) is 10.9. The van der Waals surface area contributed by atoms with Crippen LogP contribution in [0.25, 0.3) is 0 Å². The first-order chi connectivity index (χ1) is 12.2. The van der Waals surface area contributed by atoms with Crippen molar-refractivity contribution in [2.24, 2.45) is 4.99 Å². The molecule has 144 valence electrons. The van der Waals surface area contributed by atoms with Crippen LogP contribution in [0.5, 0.6) is 0 Å². The molecule has 26 heavy (non-hydrogen) atoms. The van der Waals surface area contributed by atoms with E-state index in [1.54, 1.807) is 0 Å². The number of hydrogen-bond acceptors (Lipinski definition) is 4. The van der Waals surface area contributed by atoms with E-state index >= 15 is 0 Å². The third-order valence-electron chi connectivity index (χ3n) is 3.82. The fourth-order valence-corrected chi connectivity index (χ4v) is 2.52. The van der Waals surface area contributed by atoms with Gasteiger partial charge in [0.05, 0.1) is 0 Å². The Morgan fingerprint density at radius 1 is 1.23 bits per heavy atom. The van der Waals surface area contributed by atoms with Gasteiger partial charge in [-0.2, -0.15) is 4.98 Å². The molecule has 0 saturated carbocycles. The van der Waals surface area contributed by atoms with Crippen LogP contribution < -0.4 is 10.6 Å². The molecule has 0 spiro atoms. The summed E-state index contributed by atoms with van der Waals surface area (Å²) in [7, 11) is 0. The van der Waals surface area contributed by atoms with Crippen LogP contribution in [0, 0.1) is 6.92 Å². The van der Waals surface area contributed by atoms with Gasteiger partial charge in [0.2, 0.25) is 5.89 Å². The molecule has 0 aliphatic rings. The van der Waals surface area contributed by atoms with E-state index in [4.69, 9.17) is 4.52 Å². The SMILES string of the molecule is CCNC(=NCCCc1nc(C)no1)NC(C)CCc1ccccc1.I. The molecule has 1 atom stereocenters. The number of benzene rings is 1. The highest BCUT2D eigenvalue weighted by Gasteiger charge is 2.06. The topological polar surface area (TPSA) is 75.3 Å². The van der Waals surface area contributed by atoms with E-state index in [1.807, 2.05) is 6.92 Å². The van der Waals surface area contributed by atoms with Crippen molar-refractivity contribution >= 4 is 29.9 Å². The minimum absolute atomic E-state index is 0. The Kier molecular flexibility index (Phi) is 10.9. The molecule has 0 radical (unpaired) electrons. The lowest BCUT2D eigenvalue weighted by Crippen LogP contribution is -2.42. The van der Waals surface area contributed by atoms with Gasteiger partial charge in [-0.25, -0.2) is 0 Å². The number of aliphatic imine (C=N–C) groups is 1. The summed E-state index contributed by atoms with van der Waals surface area (Å²) in [5.74, 6) is 2.23. The van der Waals surface area contributed by atoms with Crippen molar-refractivity contribution in [1.82, 2.24) is 20.8 Å². The standard InChI is InChI=1S/C19H29N5O.HI/c1-4-20-19(21-14-8-11-18-23-16(3)24-25-18)22-15(2)12-13-17-9-6-5-7-10-17;/h5-7,9-10,15H,4,8,11-14H2,1-3H3,(H2,20,21,22);1H. The lowest BCUT2D eigenvalue weighted by Gasteiger charge is -2.17. The van der Waals surface area contributed by atoms with Crippen molar-refractivity contribution in [1.29, 1.82) is 0 Å². The van der Waals surface area contributed by atoms with E-state index in [-0.39, 0.29) is 24.0 Å². The molecule has 2 rings (SSSR count). The number of aromatic nitrogens is 2. The molecule has 2 N–H and O–H groups in total. The summed E-state index contributed by atoms with van der Waals surface area (Å²) in [6.07, 6.45) is 3.77. The maximum Gasteiger partial charge on any atom is 0.226 e. The Bertz CT molecular complexity index is 644. The third kappa shape index (κ3) is 8.64. The smallest absolute Gasteiger partial charge is 0.226 e. The normalized spacial score (nSPS) is 12.3. The molecule has 1 unspecified atom stereocenters. The zero-order valence-electron chi connectivity index (χ0n) is 15.9. The first kappa shape index (κ1) is 22.4. The maximum absolute atomic E-state index is 5.12. The molecule has 0 bridgehead atoms. The highest BCUT2D eigenvalue weighted by atomic mass is 127. The van der Waals surface area contributed by atoms with Crippen molar-refractivity contribution in [3.05, 3.63) is 47.6 Å².